The van der Waals surface area contributed by atoms with Crippen LogP contribution < -0.4 is 0 Å². The monoisotopic (exact) mass is 466 g/mol. The second kappa shape index (κ2) is 11.6. The van der Waals surface area contributed by atoms with E-state index in [0.717, 1.165) is 12.8 Å². The molecular formula is C23H31ClN2O4S. The standard InChI is InChI=1S/C23H31ClN2O4S/c1-18(2)25(3)31(28,29)20-12-13-22(24)21(17-20)23(27)26(15-16-30-4)14-8-11-19-9-6-5-7-10-19/h5-7,9-10,12-13,17-18H,8,11,14-16H2,1-4H3. The zero-order chi connectivity index (χ0) is 23.0. The van der Waals surface area contributed by atoms with E-state index in [9.17, 15) is 13.2 Å². The lowest BCUT2D eigenvalue weighted by atomic mass is 10.1. The molecule has 0 fully saturated rings. The highest BCUT2D eigenvalue weighted by Gasteiger charge is 2.26. The zero-order valence-electron chi connectivity index (χ0n) is 18.5. The van der Waals surface area contributed by atoms with Crippen LogP contribution in [0.15, 0.2) is 53.4 Å². The van der Waals surface area contributed by atoms with Gasteiger partial charge in [-0.2, -0.15) is 4.31 Å². The minimum Gasteiger partial charge on any atom is -0.383 e. The summed E-state index contributed by atoms with van der Waals surface area (Å²) in [6.07, 6.45) is 1.60. The molecule has 0 saturated carbocycles. The van der Waals surface area contributed by atoms with Crippen molar-refractivity contribution in [2.45, 2.75) is 37.6 Å². The maximum atomic E-state index is 13.3. The first-order chi connectivity index (χ1) is 14.7. The molecule has 8 heteroatoms. The van der Waals surface area contributed by atoms with Crippen LogP contribution in [0.25, 0.3) is 0 Å². The first-order valence-corrected chi connectivity index (χ1v) is 12.1. The molecule has 2 aromatic carbocycles. The first-order valence-electron chi connectivity index (χ1n) is 10.3. The third kappa shape index (κ3) is 6.77. The van der Waals surface area contributed by atoms with Crippen molar-refractivity contribution in [1.82, 2.24) is 9.21 Å². The van der Waals surface area contributed by atoms with Gasteiger partial charge < -0.3 is 9.64 Å². The van der Waals surface area contributed by atoms with Crippen LogP contribution in [0, 0.1) is 0 Å². The Balaban J connectivity index is 2.24. The molecule has 170 valence electrons. The molecule has 2 aromatic rings. The molecule has 0 spiro atoms. The van der Waals surface area contributed by atoms with E-state index in [0.29, 0.717) is 19.7 Å². The SMILES string of the molecule is COCCN(CCCc1ccccc1)C(=O)c1cc(S(=O)(=O)N(C)C(C)C)ccc1Cl. The Morgan fingerprint density at radius 3 is 2.39 bits per heavy atom. The van der Waals surface area contributed by atoms with Crippen LogP contribution in [0.3, 0.4) is 0 Å². The lowest BCUT2D eigenvalue weighted by Gasteiger charge is -2.24. The normalized spacial score (nSPS) is 11.8. The number of nitrogens with zero attached hydrogens (tertiary/aromatic N) is 2. The molecule has 0 bridgehead atoms. The van der Waals surface area contributed by atoms with Gasteiger partial charge in [-0.1, -0.05) is 41.9 Å². The molecule has 0 saturated heterocycles. The van der Waals surface area contributed by atoms with Gasteiger partial charge in [0.25, 0.3) is 5.91 Å². The van der Waals surface area contributed by atoms with Gasteiger partial charge in [-0.05, 0) is 50.5 Å². The molecule has 0 aliphatic heterocycles. The summed E-state index contributed by atoms with van der Waals surface area (Å²) in [6.45, 7) is 4.86. The van der Waals surface area contributed by atoms with Crippen LogP contribution >= 0.6 is 11.6 Å². The predicted octanol–water partition coefficient (Wildman–Crippen LogP) is 4.09. The highest BCUT2D eigenvalue weighted by molar-refractivity contribution is 7.89. The van der Waals surface area contributed by atoms with Crippen LogP contribution in [-0.4, -0.2) is 63.4 Å². The van der Waals surface area contributed by atoms with Gasteiger partial charge in [-0.3, -0.25) is 4.79 Å². The first kappa shape index (κ1) is 25.3. The fraction of sp³-hybridized carbons (Fsp3) is 0.435. The number of halogens is 1. The predicted molar refractivity (Wildman–Crippen MR) is 124 cm³/mol. The summed E-state index contributed by atoms with van der Waals surface area (Å²) in [5.41, 5.74) is 1.38. The number of benzene rings is 2. The molecule has 0 aliphatic rings. The second-order valence-electron chi connectivity index (χ2n) is 7.63. The van der Waals surface area contributed by atoms with Gasteiger partial charge in [0.05, 0.1) is 22.1 Å². The number of amides is 1. The van der Waals surface area contributed by atoms with Gasteiger partial charge in [-0.25, -0.2) is 8.42 Å². The number of hydrogen-bond acceptors (Lipinski definition) is 4. The van der Waals surface area contributed by atoms with E-state index in [2.05, 4.69) is 12.1 Å². The maximum Gasteiger partial charge on any atom is 0.255 e. The highest BCUT2D eigenvalue weighted by atomic mass is 35.5. The van der Waals surface area contributed by atoms with Gasteiger partial charge in [0, 0.05) is 33.3 Å². The van der Waals surface area contributed by atoms with Crippen molar-refractivity contribution in [3.05, 3.63) is 64.7 Å². The van der Waals surface area contributed by atoms with E-state index in [1.54, 1.807) is 25.9 Å². The minimum absolute atomic E-state index is 0.0485. The van der Waals surface area contributed by atoms with E-state index in [1.165, 1.54) is 35.1 Å². The summed E-state index contributed by atoms with van der Waals surface area (Å²) < 4.78 is 32.2. The van der Waals surface area contributed by atoms with Gasteiger partial charge in [0.1, 0.15) is 0 Å². The summed E-state index contributed by atoms with van der Waals surface area (Å²) in [5, 5.41) is 0.224. The van der Waals surface area contributed by atoms with Gasteiger partial charge in [-0.15, -0.1) is 0 Å². The second-order valence-corrected chi connectivity index (χ2v) is 10.0. The highest BCUT2D eigenvalue weighted by Crippen LogP contribution is 2.25. The Morgan fingerprint density at radius 2 is 1.77 bits per heavy atom. The Kier molecular flexibility index (Phi) is 9.50. The number of ether oxygens (including phenoxy) is 1. The molecule has 0 unspecified atom stereocenters. The molecule has 0 atom stereocenters. The molecule has 6 nitrogen and oxygen atoms in total. The number of methoxy groups -OCH3 is 1. The number of sulfonamides is 1. The topological polar surface area (TPSA) is 66.9 Å². The van der Waals surface area contributed by atoms with Crippen molar-refractivity contribution in [1.29, 1.82) is 0 Å². The molecule has 0 heterocycles. The van der Waals surface area contributed by atoms with Crippen molar-refractivity contribution in [2.24, 2.45) is 0 Å². The maximum absolute atomic E-state index is 13.3. The Hall–Kier alpha value is -1.93. The van der Waals surface area contributed by atoms with Crippen molar-refractivity contribution < 1.29 is 17.9 Å². The largest absolute Gasteiger partial charge is 0.383 e. The van der Waals surface area contributed by atoms with E-state index in [1.807, 2.05) is 18.2 Å². The third-order valence-electron chi connectivity index (χ3n) is 5.16. The average molecular weight is 467 g/mol. The number of aryl methyl sites for hydroxylation is 1. The minimum atomic E-state index is -3.73. The summed E-state index contributed by atoms with van der Waals surface area (Å²) in [4.78, 5) is 15.0. The van der Waals surface area contributed by atoms with E-state index < -0.39 is 10.0 Å². The van der Waals surface area contributed by atoms with Gasteiger partial charge >= 0.3 is 0 Å². The van der Waals surface area contributed by atoms with E-state index >= 15 is 0 Å². The van der Waals surface area contributed by atoms with Crippen molar-refractivity contribution in [3.8, 4) is 0 Å². The fourth-order valence-electron chi connectivity index (χ4n) is 3.08. The lowest BCUT2D eigenvalue weighted by Crippen LogP contribution is -2.36. The molecular weight excluding hydrogens is 436 g/mol. The molecule has 2 rings (SSSR count). The summed E-state index contributed by atoms with van der Waals surface area (Å²) >= 11 is 6.30. The number of carbonyl (C=O) groups is 1. The van der Waals surface area contributed by atoms with Crippen molar-refractivity contribution in [2.75, 3.05) is 33.9 Å². The molecule has 0 aliphatic carbocycles. The smallest absolute Gasteiger partial charge is 0.255 e. The van der Waals surface area contributed by atoms with Crippen LogP contribution in [0.4, 0.5) is 0 Å². The summed E-state index contributed by atoms with van der Waals surface area (Å²) in [6, 6.07) is 14.1. The van der Waals surface area contributed by atoms with Gasteiger partial charge in [0.15, 0.2) is 0 Å². The van der Waals surface area contributed by atoms with Crippen molar-refractivity contribution >= 4 is 27.5 Å². The van der Waals surface area contributed by atoms with E-state index in [-0.39, 0.29) is 27.4 Å². The molecule has 0 N–H and O–H groups in total. The quantitative estimate of drug-likeness (QED) is 0.500. The van der Waals surface area contributed by atoms with Gasteiger partial charge in [0.2, 0.25) is 10.0 Å². The Morgan fingerprint density at radius 1 is 1.10 bits per heavy atom. The Labute approximate surface area is 190 Å². The molecule has 1 amide bonds. The zero-order valence-corrected chi connectivity index (χ0v) is 20.1. The van der Waals surface area contributed by atoms with Crippen LogP contribution in [0.1, 0.15) is 36.2 Å². The van der Waals surface area contributed by atoms with Crippen LogP contribution in [-0.2, 0) is 21.2 Å². The van der Waals surface area contributed by atoms with Crippen LogP contribution in [0.5, 0.6) is 0 Å². The molecule has 0 aromatic heterocycles. The summed E-state index contributed by atoms with van der Waals surface area (Å²) in [5.74, 6) is -0.306. The van der Waals surface area contributed by atoms with Crippen molar-refractivity contribution in [3.63, 3.8) is 0 Å². The third-order valence-corrected chi connectivity index (χ3v) is 7.52. The molecule has 31 heavy (non-hydrogen) atoms. The number of carbonyl (C=O) groups excluding carboxylic acids is 1. The molecule has 0 radical (unpaired) electrons. The number of rotatable bonds is 11. The van der Waals surface area contributed by atoms with E-state index in [4.69, 9.17) is 16.3 Å². The lowest BCUT2D eigenvalue weighted by molar-refractivity contribution is 0.0693. The average Bonchev–Trinajstić information content (AvgIpc) is 2.75. The summed E-state index contributed by atoms with van der Waals surface area (Å²) in [7, 11) is -0.631. The Bertz CT molecular complexity index is 965. The number of hydrogen-bond donors (Lipinski definition) is 0. The van der Waals surface area contributed by atoms with Crippen LogP contribution in [0.2, 0.25) is 5.02 Å². The fourth-order valence-corrected chi connectivity index (χ4v) is 4.67.